The number of carboxylic acid groups (broad SMARTS) is 1. The van der Waals surface area contributed by atoms with Crippen molar-refractivity contribution in [1.82, 2.24) is 4.98 Å². The summed E-state index contributed by atoms with van der Waals surface area (Å²) in [5.74, 6) is -2.62. The number of methoxy groups -OCH3 is 1. The summed E-state index contributed by atoms with van der Waals surface area (Å²) in [6.45, 7) is 0. The molecule has 19 heavy (non-hydrogen) atoms. The van der Waals surface area contributed by atoms with Gasteiger partial charge in [-0.2, -0.15) is 0 Å². The summed E-state index contributed by atoms with van der Waals surface area (Å²) in [5, 5.41) is 8.74. The molecule has 0 atom stereocenters. The van der Waals surface area contributed by atoms with Crippen molar-refractivity contribution in [2.75, 3.05) is 12.9 Å². The van der Waals surface area contributed by atoms with Gasteiger partial charge in [0.1, 0.15) is 5.69 Å². The monoisotopic (exact) mass is 287 g/mol. The van der Waals surface area contributed by atoms with Crippen LogP contribution >= 0.6 is 0 Å². The molecule has 0 bridgehead atoms. The molecule has 0 unspecified atom stereocenters. The average Bonchev–Trinajstić information content (AvgIpc) is 2.35. The van der Waals surface area contributed by atoms with Crippen molar-refractivity contribution in [2.24, 2.45) is 0 Å². The highest BCUT2D eigenvalue weighted by molar-refractivity contribution is 7.90. The maximum Gasteiger partial charge on any atom is 0.354 e. The van der Waals surface area contributed by atoms with Crippen molar-refractivity contribution in [3.63, 3.8) is 0 Å². The lowest BCUT2D eigenvalue weighted by atomic mass is 10.3. The van der Waals surface area contributed by atoms with Crippen LogP contribution in [0.3, 0.4) is 0 Å². The van der Waals surface area contributed by atoms with E-state index in [9.17, 15) is 18.0 Å². The zero-order valence-corrected chi connectivity index (χ0v) is 11.0. The van der Waals surface area contributed by atoms with Crippen LogP contribution in [0, 0.1) is 0 Å². The zero-order chi connectivity index (χ0) is 14.5. The fourth-order valence-corrected chi connectivity index (χ4v) is 2.55. The van der Waals surface area contributed by atoms with Crippen LogP contribution in [0.2, 0.25) is 0 Å². The Kier molecular flexibility index (Phi) is 4.99. The lowest BCUT2D eigenvalue weighted by Crippen LogP contribution is -2.15. The van der Waals surface area contributed by atoms with Gasteiger partial charge in [0.05, 0.1) is 30.7 Å². The number of esters is 1. The molecule has 0 saturated heterocycles. The molecule has 0 aliphatic carbocycles. The van der Waals surface area contributed by atoms with Crippen LogP contribution in [0.25, 0.3) is 0 Å². The van der Waals surface area contributed by atoms with Crippen LogP contribution in [-0.4, -0.2) is 43.3 Å². The number of carbonyl (C=O) groups excluding carboxylic acids is 1. The molecule has 0 aliphatic heterocycles. The molecule has 0 amide bonds. The van der Waals surface area contributed by atoms with Gasteiger partial charge in [-0.1, -0.05) is 6.07 Å². The van der Waals surface area contributed by atoms with Crippen LogP contribution < -0.4 is 0 Å². The molecule has 1 N–H and O–H groups in total. The number of rotatable bonds is 6. The minimum atomic E-state index is -3.54. The Labute approximate surface area is 110 Å². The molecular formula is C11H13NO6S. The Bertz CT molecular complexity index is 581. The standard InChI is InChI=1S/C11H13NO6S/c1-18-10(13)5-6-19(16,17)7-8-3-2-4-9(12-8)11(14)15/h2-4H,5-7H2,1H3,(H,14,15). The largest absolute Gasteiger partial charge is 0.477 e. The van der Waals surface area contributed by atoms with E-state index in [4.69, 9.17) is 5.11 Å². The van der Waals surface area contributed by atoms with Crippen molar-refractivity contribution >= 4 is 21.8 Å². The predicted octanol–water partition coefficient (Wildman–Crippen LogP) is 0.258. The summed E-state index contributed by atoms with van der Waals surface area (Å²) in [4.78, 5) is 25.3. The van der Waals surface area contributed by atoms with E-state index in [1.807, 2.05) is 0 Å². The van der Waals surface area contributed by atoms with E-state index in [0.717, 1.165) is 0 Å². The van der Waals surface area contributed by atoms with Gasteiger partial charge in [-0.25, -0.2) is 18.2 Å². The van der Waals surface area contributed by atoms with Crippen molar-refractivity contribution in [3.05, 3.63) is 29.6 Å². The average molecular weight is 287 g/mol. The lowest BCUT2D eigenvalue weighted by molar-refractivity contribution is -0.140. The summed E-state index contributed by atoms with van der Waals surface area (Å²) in [6.07, 6.45) is -0.239. The van der Waals surface area contributed by atoms with Gasteiger partial charge >= 0.3 is 11.9 Å². The number of carboxylic acids is 1. The maximum atomic E-state index is 11.7. The van der Waals surface area contributed by atoms with Crippen molar-refractivity contribution in [3.8, 4) is 0 Å². The number of aromatic nitrogens is 1. The Hall–Kier alpha value is -1.96. The smallest absolute Gasteiger partial charge is 0.354 e. The maximum absolute atomic E-state index is 11.7. The first-order valence-electron chi connectivity index (χ1n) is 5.30. The first-order valence-corrected chi connectivity index (χ1v) is 7.12. The second-order valence-corrected chi connectivity index (χ2v) is 5.92. The number of ether oxygens (including phenoxy) is 1. The summed E-state index contributed by atoms with van der Waals surface area (Å²) in [7, 11) is -2.37. The van der Waals surface area contributed by atoms with Crippen LogP contribution in [0.4, 0.5) is 0 Å². The van der Waals surface area contributed by atoms with E-state index >= 15 is 0 Å². The van der Waals surface area contributed by atoms with Gasteiger partial charge in [0.2, 0.25) is 0 Å². The minimum absolute atomic E-state index is 0.129. The van der Waals surface area contributed by atoms with Gasteiger partial charge in [0.15, 0.2) is 9.84 Å². The summed E-state index contributed by atoms with van der Waals surface area (Å²) in [5.41, 5.74) is -0.0922. The Morgan fingerprint density at radius 2 is 2.05 bits per heavy atom. The number of pyridine rings is 1. The van der Waals surface area contributed by atoms with E-state index in [2.05, 4.69) is 9.72 Å². The molecule has 0 spiro atoms. The third-order valence-corrected chi connectivity index (χ3v) is 3.80. The van der Waals surface area contributed by atoms with E-state index in [0.29, 0.717) is 0 Å². The number of hydrogen-bond acceptors (Lipinski definition) is 6. The number of sulfone groups is 1. The molecule has 0 fully saturated rings. The third kappa shape index (κ3) is 5.04. The third-order valence-electron chi connectivity index (χ3n) is 2.24. The van der Waals surface area contributed by atoms with Crippen LogP contribution in [0.5, 0.6) is 0 Å². The van der Waals surface area contributed by atoms with Gasteiger partial charge < -0.3 is 9.84 Å². The zero-order valence-electron chi connectivity index (χ0n) is 10.2. The van der Waals surface area contributed by atoms with Gasteiger partial charge in [0, 0.05) is 0 Å². The van der Waals surface area contributed by atoms with Crippen LogP contribution in [0.15, 0.2) is 18.2 Å². The van der Waals surface area contributed by atoms with E-state index < -0.39 is 27.5 Å². The molecule has 0 saturated carbocycles. The van der Waals surface area contributed by atoms with E-state index in [-0.39, 0.29) is 23.6 Å². The second kappa shape index (κ2) is 6.28. The van der Waals surface area contributed by atoms with Crippen molar-refractivity contribution in [1.29, 1.82) is 0 Å². The van der Waals surface area contributed by atoms with Gasteiger partial charge in [-0.3, -0.25) is 4.79 Å². The molecule has 0 aromatic carbocycles. The molecule has 0 aliphatic rings. The van der Waals surface area contributed by atoms with Crippen molar-refractivity contribution < 1.29 is 27.9 Å². The topological polar surface area (TPSA) is 111 Å². The van der Waals surface area contributed by atoms with Crippen LogP contribution in [-0.2, 0) is 25.1 Å². The second-order valence-electron chi connectivity index (χ2n) is 3.74. The molecule has 1 aromatic rings. The first-order chi connectivity index (χ1) is 8.84. The quantitative estimate of drug-likeness (QED) is 0.747. The number of nitrogens with zero attached hydrogens (tertiary/aromatic N) is 1. The number of aromatic carboxylic acids is 1. The summed E-state index contributed by atoms with van der Waals surface area (Å²) < 4.78 is 27.8. The van der Waals surface area contributed by atoms with Gasteiger partial charge in [0.25, 0.3) is 0 Å². The van der Waals surface area contributed by atoms with Crippen LogP contribution in [0.1, 0.15) is 22.6 Å². The molecular weight excluding hydrogens is 274 g/mol. The summed E-state index contributed by atoms with van der Waals surface area (Å²) >= 11 is 0. The Morgan fingerprint density at radius 1 is 1.37 bits per heavy atom. The highest BCUT2D eigenvalue weighted by atomic mass is 32.2. The predicted molar refractivity (Wildman–Crippen MR) is 65.3 cm³/mol. The highest BCUT2D eigenvalue weighted by Crippen LogP contribution is 2.07. The van der Waals surface area contributed by atoms with Gasteiger partial charge in [-0.05, 0) is 12.1 Å². The highest BCUT2D eigenvalue weighted by Gasteiger charge is 2.16. The molecule has 8 heteroatoms. The number of hydrogen-bond donors (Lipinski definition) is 1. The fraction of sp³-hybridized carbons (Fsp3) is 0.364. The van der Waals surface area contributed by atoms with Gasteiger partial charge in [-0.15, -0.1) is 0 Å². The van der Waals surface area contributed by atoms with E-state index in [1.54, 1.807) is 0 Å². The minimum Gasteiger partial charge on any atom is -0.477 e. The number of carbonyl (C=O) groups is 2. The first kappa shape index (κ1) is 15.1. The molecule has 1 aromatic heterocycles. The molecule has 7 nitrogen and oxygen atoms in total. The Balaban J connectivity index is 2.75. The SMILES string of the molecule is COC(=O)CCS(=O)(=O)Cc1cccc(C(=O)O)n1. The molecule has 104 valence electrons. The normalized spacial score (nSPS) is 11.0. The van der Waals surface area contributed by atoms with E-state index in [1.165, 1.54) is 25.3 Å². The Morgan fingerprint density at radius 3 is 2.63 bits per heavy atom. The fourth-order valence-electron chi connectivity index (χ4n) is 1.32. The summed E-state index contributed by atoms with van der Waals surface area (Å²) in [6, 6.07) is 4.11. The van der Waals surface area contributed by atoms with Crippen molar-refractivity contribution in [2.45, 2.75) is 12.2 Å². The molecule has 1 rings (SSSR count). The lowest BCUT2D eigenvalue weighted by Gasteiger charge is -2.04. The molecule has 1 heterocycles. The molecule has 0 radical (unpaired) electrons.